The molecular weight excluding hydrogens is 340 g/mol. The van der Waals surface area contributed by atoms with Crippen molar-refractivity contribution in [1.29, 1.82) is 0 Å². The molecule has 0 spiro atoms. The third kappa shape index (κ3) is 2.66. The largest absolute Gasteiger partial charge is 0.326 e. The van der Waals surface area contributed by atoms with Gasteiger partial charge in [-0.1, -0.05) is 12.5 Å². The van der Waals surface area contributed by atoms with Crippen LogP contribution in [0.3, 0.4) is 0 Å². The smallest absolute Gasteiger partial charge is 0.241 e. The number of nitrogens with two attached hydrogens (primary N) is 1. The Morgan fingerprint density at radius 2 is 2.10 bits per heavy atom. The summed E-state index contributed by atoms with van der Waals surface area (Å²) in [5.74, 6) is 1.24. The quantitative estimate of drug-likeness (QED) is 0.867. The Balaban J connectivity index is 1.81. The van der Waals surface area contributed by atoms with Crippen LogP contribution in [0.15, 0.2) is 27.6 Å². The van der Waals surface area contributed by atoms with Crippen molar-refractivity contribution in [3.63, 3.8) is 0 Å². The van der Waals surface area contributed by atoms with Gasteiger partial charge in [-0.2, -0.15) is 0 Å². The summed E-state index contributed by atoms with van der Waals surface area (Å²) in [4.78, 5) is 0.303. The molecule has 0 aromatic heterocycles. The molecule has 4 nitrogen and oxygen atoms in total. The molecule has 3 atom stereocenters. The van der Waals surface area contributed by atoms with E-state index in [1.165, 1.54) is 12.8 Å². The topological polar surface area (TPSA) is 72.2 Å². The predicted molar refractivity (Wildman–Crippen MR) is 81.6 cm³/mol. The average Bonchev–Trinajstić information content (AvgIpc) is 2.99. The first-order chi connectivity index (χ1) is 9.49. The van der Waals surface area contributed by atoms with Crippen LogP contribution in [0.2, 0.25) is 0 Å². The number of rotatable bonds is 4. The van der Waals surface area contributed by atoms with Gasteiger partial charge in [0.25, 0.3) is 0 Å². The van der Waals surface area contributed by atoms with E-state index in [-0.39, 0.29) is 6.04 Å². The summed E-state index contributed by atoms with van der Waals surface area (Å²) >= 11 is 3.34. The fourth-order valence-corrected chi connectivity index (χ4v) is 5.98. The summed E-state index contributed by atoms with van der Waals surface area (Å²) in [5, 5.41) is 0. The molecule has 1 aromatic carbocycles. The molecule has 2 bridgehead atoms. The summed E-state index contributed by atoms with van der Waals surface area (Å²) < 4.78 is 28.5. The van der Waals surface area contributed by atoms with E-state index in [0.717, 1.165) is 24.3 Å². The maximum atomic E-state index is 12.5. The third-order valence-electron chi connectivity index (χ3n) is 4.57. The van der Waals surface area contributed by atoms with Crippen molar-refractivity contribution in [2.75, 3.05) is 0 Å². The van der Waals surface area contributed by atoms with Crippen molar-refractivity contribution >= 4 is 26.0 Å². The van der Waals surface area contributed by atoms with Gasteiger partial charge >= 0.3 is 0 Å². The Kier molecular flexibility index (Phi) is 3.92. The molecule has 1 aromatic rings. The molecule has 0 aliphatic heterocycles. The highest BCUT2D eigenvalue weighted by Crippen LogP contribution is 2.45. The lowest BCUT2D eigenvalue weighted by Crippen LogP contribution is -2.38. The highest BCUT2D eigenvalue weighted by atomic mass is 79.9. The van der Waals surface area contributed by atoms with Gasteiger partial charge in [0.05, 0.1) is 4.90 Å². The monoisotopic (exact) mass is 358 g/mol. The van der Waals surface area contributed by atoms with Crippen molar-refractivity contribution in [2.24, 2.45) is 17.6 Å². The Bertz CT molecular complexity index is 618. The van der Waals surface area contributed by atoms with Gasteiger partial charge in [-0.05, 0) is 64.7 Å². The minimum absolute atomic E-state index is 0.111. The fourth-order valence-electron chi connectivity index (χ4n) is 3.54. The molecule has 6 heteroatoms. The molecule has 110 valence electrons. The van der Waals surface area contributed by atoms with E-state index in [4.69, 9.17) is 5.73 Å². The minimum atomic E-state index is -3.46. The molecule has 0 saturated heterocycles. The summed E-state index contributed by atoms with van der Waals surface area (Å²) in [5.41, 5.74) is 6.48. The van der Waals surface area contributed by atoms with E-state index in [1.54, 1.807) is 18.2 Å². The first-order valence-electron chi connectivity index (χ1n) is 7.00. The van der Waals surface area contributed by atoms with Gasteiger partial charge in [0, 0.05) is 17.1 Å². The number of hydrogen-bond donors (Lipinski definition) is 2. The second-order valence-corrected chi connectivity index (χ2v) is 8.41. The number of fused-ring (bicyclic) bond motifs is 2. The van der Waals surface area contributed by atoms with Crippen molar-refractivity contribution in [2.45, 2.75) is 43.2 Å². The lowest BCUT2D eigenvalue weighted by atomic mass is 9.96. The summed E-state index contributed by atoms with van der Waals surface area (Å²) in [7, 11) is -3.46. The molecule has 0 heterocycles. The molecule has 20 heavy (non-hydrogen) atoms. The molecule has 0 amide bonds. The van der Waals surface area contributed by atoms with Crippen molar-refractivity contribution in [1.82, 2.24) is 4.72 Å². The fraction of sp³-hybridized carbons (Fsp3) is 0.571. The van der Waals surface area contributed by atoms with E-state index in [0.29, 0.717) is 21.8 Å². The third-order valence-corrected chi connectivity index (χ3v) is 7.03. The van der Waals surface area contributed by atoms with Gasteiger partial charge in [0.1, 0.15) is 0 Å². The molecule has 2 aliphatic rings. The average molecular weight is 359 g/mol. The summed E-state index contributed by atoms with van der Waals surface area (Å²) in [6, 6.07) is 5.27. The van der Waals surface area contributed by atoms with Crippen LogP contribution in [0.25, 0.3) is 0 Å². The molecule has 2 aliphatic carbocycles. The van der Waals surface area contributed by atoms with Crippen LogP contribution >= 0.6 is 15.9 Å². The van der Waals surface area contributed by atoms with Crippen molar-refractivity contribution < 1.29 is 8.42 Å². The lowest BCUT2D eigenvalue weighted by molar-refractivity contribution is 0.390. The zero-order valence-electron chi connectivity index (χ0n) is 11.2. The minimum Gasteiger partial charge on any atom is -0.326 e. The van der Waals surface area contributed by atoms with Gasteiger partial charge < -0.3 is 5.73 Å². The number of benzene rings is 1. The lowest BCUT2D eigenvalue weighted by Gasteiger charge is -2.23. The molecule has 3 N–H and O–H groups in total. The molecule has 3 unspecified atom stereocenters. The zero-order chi connectivity index (χ0) is 14.3. The van der Waals surface area contributed by atoms with Gasteiger partial charge in [-0.15, -0.1) is 0 Å². The Morgan fingerprint density at radius 3 is 2.65 bits per heavy atom. The molecule has 3 rings (SSSR count). The maximum Gasteiger partial charge on any atom is 0.241 e. The van der Waals surface area contributed by atoms with Crippen LogP contribution in [0.4, 0.5) is 0 Å². The highest BCUT2D eigenvalue weighted by Gasteiger charge is 2.41. The van der Waals surface area contributed by atoms with Crippen LogP contribution in [0.5, 0.6) is 0 Å². The first kappa shape index (κ1) is 14.5. The van der Waals surface area contributed by atoms with Crippen molar-refractivity contribution in [3.8, 4) is 0 Å². The first-order valence-corrected chi connectivity index (χ1v) is 9.28. The number of sulfonamides is 1. The van der Waals surface area contributed by atoms with Crippen LogP contribution in [0, 0.1) is 11.8 Å². The molecule has 0 radical (unpaired) electrons. The summed E-state index contributed by atoms with van der Waals surface area (Å²) in [6.07, 6.45) is 4.59. The second-order valence-electron chi connectivity index (χ2n) is 5.87. The van der Waals surface area contributed by atoms with E-state index in [1.807, 2.05) is 0 Å². The standard InChI is InChI=1S/C14H19BrN2O2S/c15-12-6-10(8-16)2-4-14(12)20(18,19)17-13-7-9-1-3-11(13)5-9/h2,4,6,9,11,13,17H,1,3,5,7-8,16H2. The van der Waals surface area contributed by atoms with E-state index in [2.05, 4.69) is 20.7 Å². The number of halogens is 1. The Hall–Kier alpha value is -0.430. The van der Waals surface area contributed by atoms with E-state index < -0.39 is 10.0 Å². The normalized spacial score (nSPS) is 29.0. The van der Waals surface area contributed by atoms with Crippen LogP contribution in [-0.4, -0.2) is 14.5 Å². The predicted octanol–water partition coefficient (Wildman–Crippen LogP) is 2.37. The number of hydrogen-bond acceptors (Lipinski definition) is 3. The number of nitrogens with one attached hydrogen (secondary N) is 1. The molecule has 2 saturated carbocycles. The molecule has 2 fully saturated rings. The second kappa shape index (κ2) is 5.40. The van der Waals surface area contributed by atoms with Crippen LogP contribution in [0.1, 0.15) is 31.2 Å². The van der Waals surface area contributed by atoms with Crippen molar-refractivity contribution in [3.05, 3.63) is 28.2 Å². The van der Waals surface area contributed by atoms with Gasteiger partial charge in [-0.25, -0.2) is 13.1 Å². The van der Waals surface area contributed by atoms with E-state index >= 15 is 0 Å². The van der Waals surface area contributed by atoms with Gasteiger partial charge in [0.2, 0.25) is 10.0 Å². The Labute approximate surface area is 128 Å². The van der Waals surface area contributed by atoms with Gasteiger partial charge in [-0.3, -0.25) is 0 Å². The summed E-state index contributed by atoms with van der Waals surface area (Å²) in [6.45, 7) is 0.402. The highest BCUT2D eigenvalue weighted by molar-refractivity contribution is 9.10. The zero-order valence-corrected chi connectivity index (χ0v) is 13.6. The SMILES string of the molecule is NCc1ccc(S(=O)(=O)NC2CC3CCC2C3)c(Br)c1. The van der Waals surface area contributed by atoms with E-state index in [9.17, 15) is 8.42 Å². The van der Waals surface area contributed by atoms with Crippen LogP contribution < -0.4 is 10.5 Å². The Morgan fingerprint density at radius 1 is 1.30 bits per heavy atom. The van der Waals surface area contributed by atoms with Gasteiger partial charge in [0.15, 0.2) is 0 Å². The molecular formula is C14H19BrN2O2S. The van der Waals surface area contributed by atoms with Crippen LogP contribution in [-0.2, 0) is 16.6 Å². The maximum absolute atomic E-state index is 12.5.